The van der Waals surface area contributed by atoms with E-state index < -0.39 is 6.10 Å². The molecule has 0 aromatic heterocycles. The number of hydrogen-bond donors (Lipinski definition) is 0. The first-order valence-electron chi connectivity index (χ1n) is 25.1. The van der Waals surface area contributed by atoms with E-state index in [1.807, 2.05) is 6.08 Å². The zero-order valence-corrected chi connectivity index (χ0v) is 40.3. The highest BCUT2D eigenvalue weighted by atomic mass is 16.6. The van der Waals surface area contributed by atoms with Gasteiger partial charge in [-0.15, -0.1) is 0 Å². The maximum Gasteiger partial charge on any atom is 0.306 e. The van der Waals surface area contributed by atoms with Gasteiger partial charge in [0.25, 0.3) is 0 Å². The summed E-state index contributed by atoms with van der Waals surface area (Å²) in [5.74, 6) is -0.984. The second kappa shape index (κ2) is 50.5. The number of esters is 3. The standard InChI is InChI=1S/C57H90O6/c1-4-7-10-13-16-19-22-25-27-28-29-30-33-35-38-41-44-47-50-56(59)62-53-54(52-61-55(58)49-46-43-40-37-34-31-24-21-18-15-12-9-6-3)63-57(60)51-48-45-42-39-36-32-26-23-20-17-14-11-8-5-2/h8-9,11-12,15-22,24-30,32,54H,4-7,10,13-14,23,31,33-53H2,1-3H3/b11-8+,12-9+,18-15+,19-16+,20-17+,24-21+,25-22+,28-27+,30-29+,32-26+. The molecular weight excluding hydrogens is 781 g/mol. The molecule has 1 unspecified atom stereocenters. The van der Waals surface area contributed by atoms with Crippen LogP contribution in [0.1, 0.15) is 201 Å². The van der Waals surface area contributed by atoms with Crippen molar-refractivity contribution >= 4 is 17.9 Å². The van der Waals surface area contributed by atoms with E-state index in [2.05, 4.69) is 136 Å². The molecule has 0 radical (unpaired) electrons. The molecule has 6 nitrogen and oxygen atoms in total. The minimum absolute atomic E-state index is 0.110. The van der Waals surface area contributed by atoms with Crippen molar-refractivity contribution in [3.63, 3.8) is 0 Å². The van der Waals surface area contributed by atoms with Crippen LogP contribution < -0.4 is 0 Å². The molecule has 0 aliphatic carbocycles. The Labute approximate surface area is 386 Å². The fourth-order valence-corrected chi connectivity index (χ4v) is 6.35. The van der Waals surface area contributed by atoms with Crippen LogP contribution in [0.3, 0.4) is 0 Å². The van der Waals surface area contributed by atoms with Crippen molar-refractivity contribution < 1.29 is 28.6 Å². The van der Waals surface area contributed by atoms with Crippen LogP contribution in [-0.2, 0) is 28.6 Å². The Bertz CT molecular complexity index is 1370. The summed E-state index contributed by atoms with van der Waals surface area (Å²) in [6.45, 7) is 6.27. The van der Waals surface area contributed by atoms with E-state index in [-0.39, 0.29) is 37.5 Å². The van der Waals surface area contributed by atoms with Crippen LogP contribution in [0.25, 0.3) is 0 Å². The highest BCUT2D eigenvalue weighted by Crippen LogP contribution is 2.12. The average Bonchev–Trinajstić information content (AvgIpc) is 3.28. The van der Waals surface area contributed by atoms with Gasteiger partial charge in [-0.1, -0.05) is 206 Å². The molecule has 0 amide bonds. The van der Waals surface area contributed by atoms with Crippen molar-refractivity contribution in [3.8, 4) is 0 Å². The van der Waals surface area contributed by atoms with Gasteiger partial charge in [-0.25, -0.2) is 0 Å². The predicted octanol–water partition coefficient (Wildman–Crippen LogP) is 16.5. The van der Waals surface area contributed by atoms with Gasteiger partial charge in [0.1, 0.15) is 13.2 Å². The quantitative estimate of drug-likeness (QED) is 0.0200. The van der Waals surface area contributed by atoms with Crippen molar-refractivity contribution in [2.75, 3.05) is 13.2 Å². The number of allylic oxidation sites excluding steroid dienone is 20. The van der Waals surface area contributed by atoms with Gasteiger partial charge in [0, 0.05) is 19.3 Å². The molecule has 0 fully saturated rings. The van der Waals surface area contributed by atoms with E-state index >= 15 is 0 Å². The highest BCUT2D eigenvalue weighted by molar-refractivity contribution is 5.71. The van der Waals surface area contributed by atoms with Gasteiger partial charge < -0.3 is 14.2 Å². The molecule has 0 aromatic carbocycles. The van der Waals surface area contributed by atoms with Crippen molar-refractivity contribution in [3.05, 3.63) is 122 Å². The molecule has 354 valence electrons. The van der Waals surface area contributed by atoms with Crippen molar-refractivity contribution in [1.29, 1.82) is 0 Å². The van der Waals surface area contributed by atoms with Gasteiger partial charge >= 0.3 is 17.9 Å². The largest absolute Gasteiger partial charge is 0.462 e. The van der Waals surface area contributed by atoms with Crippen LogP contribution in [0, 0.1) is 0 Å². The van der Waals surface area contributed by atoms with E-state index in [9.17, 15) is 14.4 Å². The van der Waals surface area contributed by atoms with Gasteiger partial charge in [0.05, 0.1) is 0 Å². The molecule has 0 heterocycles. The summed E-state index contributed by atoms with van der Waals surface area (Å²) in [6.07, 6.45) is 68.9. The molecule has 0 aliphatic heterocycles. The number of ether oxygens (including phenoxy) is 3. The Morgan fingerprint density at radius 1 is 0.349 bits per heavy atom. The summed E-state index contributed by atoms with van der Waals surface area (Å²) in [7, 11) is 0. The first kappa shape index (κ1) is 58.8. The molecule has 0 bridgehead atoms. The summed E-state index contributed by atoms with van der Waals surface area (Å²) in [4.78, 5) is 37.9. The number of hydrogen-bond acceptors (Lipinski definition) is 6. The summed E-state index contributed by atoms with van der Waals surface area (Å²) in [5, 5.41) is 0. The molecule has 1 atom stereocenters. The lowest BCUT2D eigenvalue weighted by molar-refractivity contribution is -0.167. The smallest absolute Gasteiger partial charge is 0.306 e. The maximum absolute atomic E-state index is 12.8. The van der Waals surface area contributed by atoms with Gasteiger partial charge in [-0.3, -0.25) is 14.4 Å². The normalized spacial score (nSPS) is 13.1. The molecule has 6 heteroatoms. The first-order valence-corrected chi connectivity index (χ1v) is 25.1. The van der Waals surface area contributed by atoms with E-state index in [0.717, 1.165) is 141 Å². The number of carbonyl (C=O) groups is 3. The van der Waals surface area contributed by atoms with E-state index in [1.54, 1.807) is 0 Å². The lowest BCUT2D eigenvalue weighted by Gasteiger charge is -2.18. The van der Waals surface area contributed by atoms with Crippen molar-refractivity contribution in [2.24, 2.45) is 0 Å². The molecule has 0 rings (SSSR count). The van der Waals surface area contributed by atoms with Crippen LogP contribution in [0.2, 0.25) is 0 Å². The zero-order chi connectivity index (χ0) is 45.8. The topological polar surface area (TPSA) is 78.9 Å². The Morgan fingerprint density at radius 2 is 0.698 bits per heavy atom. The zero-order valence-electron chi connectivity index (χ0n) is 40.3. The molecule has 0 aromatic rings. The maximum atomic E-state index is 12.8. The Hall–Kier alpha value is -4.19. The first-order chi connectivity index (χ1) is 31.0. The SMILES string of the molecule is CC/C=C/C=C/C=C/CCCCCCCC(=O)OCC(COC(=O)CCCCCCC/C=C/C=C/C=C/C=C/CCCCC)OC(=O)CCCCCC/C=C/C/C=C/C/C=C/CC. The second-order valence-electron chi connectivity index (χ2n) is 16.1. The van der Waals surface area contributed by atoms with Gasteiger partial charge in [0.2, 0.25) is 0 Å². The number of unbranched alkanes of at least 4 members (excludes halogenated alkanes) is 17. The summed E-state index contributed by atoms with van der Waals surface area (Å²) < 4.78 is 16.7. The minimum atomic E-state index is -0.811. The van der Waals surface area contributed by atoms with Crippen molar-refractivity contribution in [1.82, 2.24) is 0 Å². The molecule has 0 spiro atoms. The summed E-state index contributed by atoms with van der Waals surface area (Å²) in [5.41, 5.74) is 0. The lowest BCUT2D eigenvalue weighted by atomic mass is 10.1. The molecule has 0 saturated carbocycles. The van der Waals surface area contributed by atoms with Crippen LogP contribution in [0.5, 0.6) is 0 Å². The third-order valence-electron chi connectivity index (χ3n) is 10.1. The molecule has 0 aliphatic rings. The highest BCUT2D eigenvalue weighted by Gasteiger charge is 2.19. The fraction of sp³-hybridized carbons (Fsp3) is 0.596. The Morgan fingerprint density at radius 3 is 1.16 bits per heavy atom. The monoisotopic (exact) mass is 871 g/mol. The molecule has 0 saturated heterocycles. The Kier molecular flexibility index (Phi) is 47.1. The summed E-state index contributed by atoms with van der Waals surface area (Å²) in [6, 6.07) is 0. The van der Waals surface area contributed by atoms with Crippen molar-refractivity contribution in [2.45, 2.75) is 207 Å². The average molecular weight is 871 g/mol. The van der Waals surface area contributed by atoms with Crippen LogP contribution in [-0.4, -0.2) is 37.2 Å². The molecule has 63 heavy (non-hydrogen) atoms. The number of rotatable bonds is 43. The van der Waals surface area contributed by atoms with Crippen LogP contribution in [0.4, 0.5) is 0 Å². The predicted molar refractivity (Wildman–Crippen MR) is 269 cm³/mol. The van der Waals surface area contributed by atoms with Crippen LogP contribution >= 0.6 is 0 Å². The third-order valence-corrected chi connectivity index (χ3v) is 10.1. The van der Waals surface area contributed by atoms with Gasteiger partial charge in [-0.05, 0) is 96.3 Å². The summed E-state index contributed by atoms with van der Waals surface area (Å²) >= 11 is 0. The minimum Gasteiger partial charge on any atom is -0.462 e. The fourth-order valence-electron chi connectivity index (χ4n) is 6.35. The Balaban J connectivity index is 4.52. The van der Waals surface area contributed by atoms with E-state index in [1.165, 1.54) is 19.3 Å². The van der Waals surface area contributed by atoms with E-state index in [0.29, 0.717) is 12.8 Å². The van der Waals surface area contributed by atoms with Gasteiger partial charge in [0.15, 0.2) is 6.10 Å². The second-order valence-corrected chi connectivity index (χ2v) is 16.1. The molecular formula is C57H90O6. The number of carbonyl (C=O) groups excluding carboxylic acids is 3. The van der Waals surface area contributed by atoms with E-state index in [4.69, 9.17) is 14.2 Å². The van der Waals surface area contributed by atoms with Crippen LogP contribution in [0.15, 0.2) is 122 Å². The third kappa shape index (κ3) is 48.7. The molecule has 0 N–H and O–H groups in total. The van der Waals surface area contributed by atoms with Gasteiger partial charge in [-0.2, -0.15) is 0 Å². The lowest BCUT2D eigenvalue weighted by Crippen LogP contribution is -2.30.